The van der Waals surface area contributed by atoms with Crippen molar-refractivity contribution in [3.8, 4) is 0 Å². The van der Waals surface area contributed by atoms with Gasteiger partial charge < -0.3 is 10.1 Å². The molecular weight excluding hydrogens is 550 g/mol. The van der Waals surface area contributed by atoms with Crippen LogP contribution in [-0.4, -0.2) is 25.2 Å². The van der Waals surface area contributed by atoms with Crippen LogP contribution in [0.2, 0.25) is 0 Å². The Labute approximate surface area is 281 Å². The van der Waals surface area contributed by atoms with Crippen LogP contribution in [0.15, 0.2) is 48.6 Å². The zero-order valence-corrected chi connectivity index (χ0v) is 30.1. The molecule has 0 bridgehead atoms. The number of hydrogen-bond acceptors (Lipinski definition) is 3. The molecule has 0 unspecified atom stereocenters. The molecule has 0 radical (unpaired) electrons. The van der Waals surface area contributed by atoms with E-state index in [1.54, 1.807) is 0 Å². The van der Waals surface area contributed by atoms with Crippen molar-refractivity contribution in [1.29, 1.82) is 0 Å². The normalized spacial score (nSPS) is 14.2. The number of hydrogen-bond donors (Lipinski definition) is 1. The smallest absolute Gasteiger partial charge is 0.306 e. The number of unbranched alkanes of at least 4 members (excludes halogenated alkanes) is 18. The summed E-state index contributed by atoms with van der Waals surface area (Å²) in [7, 11) is 0. The van der Waals surface area contributed by atoms with Crippen molar-refractivity contribution in [1.82, 2.24) is 5.32 Å². The van der Waals surface area contributed by atoms with Gasteiger partial charge in [0, 0.05) is 0 Å². The lowest BCUT2D eigenvalue weighted by Crippen LogP contribution is -2.43. The van der Waals surface area contributed by atoms with Crippen molar-refractivity contribution < 1.29 is 9.53 Å². The van der Waals surface area contributed by atoms with Gasteiger partial charge in [-0.3, -0.25) is 4.79 Å². The van der Waals surface area contributed by atoms with Crippen LogP contribution in [0, 0.1) is 5.92 Å². The summed E-state index contributed by atoms with van der Waals surface area (Å²) in [5.74, 6) is 0.522. The molecule has 1 saturated heterocycles. The van der Waals surface area contributed by atoms with Crippen LogP contribution in [0.4, 0.5) is 0 Å². The molecule has 1 heterocycles. The topological polar surface area (TPSA) is 38.3 Å². The third-order valence-electron chi connectivity index (χ3n) is 9.07. The maximum absolute atomic E-state index is 12.5. The summed E-state index contributed by atoms with van der Waals surface area (Å²) >= 11 is 0. The van der Waals surface area contributed by atoms with E-state index in [1.807, 2.05) is 0 Å². The molecular formula is C42H75NO2. The Morgan fingerprint density at radius 3 is 1.31 bits per heavy atom. The van der Waals surface area contributed by atoms with Gasteiger partial charge in [0.05, 0.1) is 6.42 Å². The first kappa shape index (κ1) is 41.4. The number of allylic oxidation sites excluding steroid dienone is 8. The minimum Gasteiger partial charge on any atom is -0.462 e. The van der Waals surface area contributed by atoms with Crippen LogP contribution >= 0.6 is 0 Å². The molecule has 3 nitrogen and oxygen atoms in total. The zero-order valence-electron chi connectivity index (χ0n) is 30.1. The van der Waals surface area contributed by atoms with Crippen LogP contribution in [0.25, 0.3) is 0 Å². The summed E-state index contributed by atoms with van der Waals surface area (Å²) in [6.45, 7) is 6.46. The van der Waals surface area contributed by atoms with Crippen LogP contribution in [-0.2, 0) is 9.53 Å². The molecule has 0 amide bonds. The molecule has 0 aromatic carbocycles. The Morgan fingerprint density at radius 1 is 0.556 bits per heavy atom. The Balaban J connectivity index is 2.07. The third-order valence-corrected chi connectivity index (χ3v) is 9.07. The van der Waals surface area contributed by atoms with Crippen molar-refractivity contribution in [2.24, 2.45) is 5.92 Å². The Kier molecular flexibility index (Phi) is 31.1. The zero-order chi connectivity index (χ0) is 32.3. The van der Waals surface area contributed by atoms with Crippen LogP contribution in [0.3, 0.4) is 0 Å². The molecule has 0 aromatic rings. The van der Waals surface area contributed by atoms with Gasteiger partial charge in [0.2, 0.25) is 0 Å². The first-order valence-electron chi connectivity index (χ1n) is 19.8. The van der Waals surface area contributed by atoms with E-state index in [9.17, 15) is 4.79 Å². The van der Waals surface area contributed by atoms with Crippen molar-refractivity contribution in [3.63, 3.8) is 0 Å². The summed E-state index contributed by atoms with van der Waals surface area (Å²) in [4.78, 5) is 12.5. The van der Waals surface area contributed by atoms with Gasteiger partial charge in [-0.25, -0.2) is 0 Å². The molecule has 0 aliphatic carbocycles. The average molecular weight is 626 g/mol. The van der Waals surface area contributed by atoms with E-state index in [1.165, 1.54) is 141 Å². The molecule has 0 saturated carbocycles. The van der Waals surface area contributed by atoms with E-state index in [-0.39, 0.29) is 12.1 Å². The Morgan fingerprint density at radius 2 is 0.933 bits per heavy atom. The molecule has 1 fully saturated rings. The van der Waals surface area contributed by atoms with E-state index < -0.39 is 0 Å². The van der Waals surface area contributed by atoms with Crippen molar-refractivity contribution in [3.05, 3.63) is 48.6 Å². The van der Waals surface area contributed by atoms with E-state index in [0.29, 0.717) is 12.3 Å². The molecule has 1 rings (SSSR count). The number of carbonyl (C=O) groups excluding carboxylic acids is 1. The van der Waals surface area contributed by atoms with E-state index in [2.05, 4.69) is 67.8 Å². The van der Waals surface area contributed by atoms with Crippen molar-refractivity contribution in [2.45, 2.75) is 193 Å². The van der Waals surface area contributed by atoms with Crippen LogP contribution < -0.4 is 5.32 Å². The van der Waals surface area contributed by atoms with E-state index >= 15 is 0 Å². The molecule has 1 aliphatic heterocycles. The molecule has 3 heteroatoms. The highest BCUT2D eigenvalue weighted by Crippen LogP contribution is 2.19. The first-order chi connectivity index (χ1) is 22.3. The number of ether oxygens (including phenoxy) is 1. The second kappa shape index (κ2) is 33.7. The number of rotatable bonds is 33. The minimum absolute atomic E-state index is 0.0339. The van der Waals surface area contributed by atoms with Crippen molar-refractivity contribution in [2.75, 3.05) is 13.1 Å². The summed E-state index contributed by atoms with van der Waals surface area (Å²) < 4.78 is 6.01. The van der Waals surface area contributed by atoms with Gasteiger partial charge in [0.25, 0.3) is 0 Å². The number of nitrogens with one attached hydrogen (secondary N) is 1. The molecule has 260 valence electrons. The largest absolute Gasteiger partial charge is 0.462 e. The molecule has 0 aromatic heterocycles. The summed E-state index contributed by atoms with van der Waals surface area (Å²) in [5, 5.41) is 3.27. The SMILES string of the molecule is CCCCC/C=C\C/C=C\CCCCCCCCC(CCCCCCCC/C=C\C/C=C\CCCCC)OC(=O)CC1CNC1. The third kappa shape index (κ3) is 29.5. The fraction of sp³-hybridized carbons (Fsp3) is 0.786. The maximum atomic E-state index is 12.5. The lowest BCUT2D eigenvalue weighted by atomic mass is 9.99. The lowest BCUT2D eigenvalue weighted by Gasteiger charge is -2.27. The summed E-state index contributed by atoms with van der Waals surface area (Å²) in [6.07, 6.45) is 52.0. The van der Waals surface area contributed by atoms with Gasteiger partial charge in [0.15, 0.2) is 0 Å². The average Bonchev–Trinajstić information content (AvgIpc) is 3.02. The quantitative estimate of drug-likeness (QED) is 0.0448. The summed E-state index contributed by atoms with van der Waals surface area (Å²) in [6, 6.07) is 0. The Hall–Kier alpha value is -1.61. The predicted octanol–water partition coefficient (Wildman–Crippen LogP) is 12.9. The second-order valence-corrected chi connectivity index (χ2v) is 13.6. The molecule has 1 N–H and O–H groups in total. The second-order valence-electron chi connectivity index (χ2n) is 13.6. The number of esters is 1. The fourth-order valence-corrected chi connectivity index (χ4v) is 5.95. The van der Waals surface area contributed by atoms with Gasteiger partial charge in [-0.15, -0.1) is 0 Å². The van der Waals surface area contributed by atoms with Crippen molar-refractivity contribution >= 4 is 5.97 Å². The highest BCUT2D eigenvalue weighted by Gasteiger charge is 2.23. The first-order valence-corrected chi connectivity index (χ1v) is 19.8. The molecule has 45 heavy (non-hydrogen) atoms. The highest BCUT2D eigenvalue weighted by molar-refractivity contribution is 5.70. The highest BCUT2D eigenvalue weighted by atomic mass is 16.5. The number of carbonyl (C=O) groups is 1. The van der Waals surface area contributed by atoms with Gasteiger partial charge >= 0.3 is 5.97 Å². The van der Waals surface area contributed by atoms with E-state index in [4.69, 9.17) is 4.74 Å². The monoisotopic (exact) mass is 626 g/mol. The molecule has 0 spiro atoms. The Bertz CT molecular complexity index is 700. The van der Waals surface area contributed by atoms with Gasteiger partial charge in [0.1, 0.15) is 6.10 Å². The fourth-order valence-electron chi connectivity index (χ4n) is 5.95. The molecule has 1 aliphatic rings. The van der Waals surface area contributed by atoms with E-state index in [0.717, 1.165) is 38.8 Å². The van der Waals surface area contributed by atoms with Gasteiger partial charge in [-0.1, -0.05) is 140 Å². The van der Waals surface area contributed by atoms with Gasteiger partial charge in [-0.05, 0) is 109 Å². The summed E-state index contributed by atoms with van der Waals surface area (Å²) in [5.41, 5.74) is 0. The molecule has 0 atom stereocenters. The predicted molar refractivity (Wildman–Crippen MR) is 199 cm³/mol. The van der Waals surface area contributed by atoms with Gasteiger partial charge in [-0.2, -0.15) is 0 Å². The standard InChI is InChI=1S/C42H75NO2/c1-3-5-7-9-11-13-15-17-19-21-23-25-27-29-31-33-35-41(45-42(44)37-40-38-43-39-40)36-34-32-30-28-26-24-22-20-18-16-14-12-10-8-6-4-2/h11-14,17-20,40-41,43H,3-10,15-16,21-39H2,1-2H3/b13-11-,14-12-,19-17-,20-18-. The minimum atomic E-state index is 0.0339. The van der Waals surface area contributed by atoms with Crippen LogP contribution in [0.1, 0.15) is 187 Å². The maximum Gasteiger partial charge on any atom is 0.306 e. The lowest BCUT2D eigenvalue weighted by molar-refractivity contribution is -0.151. The van der Waals surface area contributed by atoms with Crippen LogP contribution in [0.5, 0.6) is 0 Å².